The number of carbonyl (C=O) groups is 2. The third-order valence-electron chi connectivity index (χ3n) is 7.84. The first kappa shape index (κ1) is 36.2. The molecule has 5 rings (SSSR count). The van der Waals surface area contributed by atoms with Crippen LogP contribution in [0.2, 0.25) is 0 Å². The van der Waals surface area contributed by atoms with Crippen LogP contribution in [0.3, 0.4) is 0 Å². The minimum absolute atomic E-state index is 0. The molecule has 0 bridgehead atoms. The Morgan fingerprint density at radius 1 is 1.05 bits per heavy atom. The third kappa shape index (κ3) is 8.91. The van der Waals surface area contributed by atoms with E-state index in [9.17, 15) is 23.9 Å². The number of aromatic nitrogens is 4. The second-order valence-corrected chi connectivity index (χ2v) is 12.4. The van der Waals surface area contributed by atoms with E-state index in [1.165, 1.54) is 4.68 Å². The molecule has 15 heteroatoms. The number of aryl methyl sites for hydroxylation is 1. The Labute approximate surface area is 295 Å². The molecule has 2 aliphatic carbocycles. The molecule has 1 atom stereocenters. The van der Waals surface area contributed by atoms with Crippen molar-refractivity contribution in [1.82, 2.24) is 24.9 Å². The molecule has 2 heterocycles. The first-order chi connectivity index (χ1) is 19.4. The van der Waals surface area contributed by atoms with Crippen molar-refractivity contribution in [1.29, 1.82) is 0 Å². The number of nitrogens with one attached hydrogen (secondary N) is 2. The minimum Gasteiger partial charge on any atom is -0.790 e. The summed E-state index contributed by atoms with van der Waals surface area (Å²) < 4.78 is 18.2. The van der Waals surface area contributed by atoms with Crippen molar-refractivity contribution in [2.24, 2.45) is 17.8 Å². The van der Waals surface area contributed by atoms with E-state index in [0.717, 1.165) is 36.8 Å². The van der Waals surface area contributed by atoms with Gasteiger partial charge in [-0.15, -0.1) is 0 Å². The fourth-order valence-corrected chi connectivity index (χ4v) is 5.91. The summed E-state index contributed by atoms with van der Waals surface area (Å²) in [6.45, 7) is 6.93. The SMILES string of the molecule is Cc1nn(COP(=O)([O-])[O-])c(C)c1-c1ccc(NC(=O)C(NC(=O)c2ccnn2C(C)C)C(C2CC2)C2CC2)cc1.[Na+].[Na+]. The van der Waals surface area contributed by atoms with Crippen LogP contribution in [0.4, 0.5) is 5.69 Å². The zero-order chi connectivity index (χ0) is 29.5. The van der Waals surface area contributed by atoms with Gasteiger partial charge in [0.25, 0.3) is 5.91 Å². The maximum Gasteiger partial charge on any atom is 1.00 e. The Kier molecular flexibility index (Phi) is 12.5. The van der Waals surface area contributed by atoms with E-state index in [4.69, 9.17) is 0 Å². The van der Waals surface area contributed by atoms with Gasteiger partial charge in [-0.2, -0.15) is 10.2 Å². The first-order valence-electron chi connectivity index (χ1n) is 13.9. The van der Waals surface area contributed by atoms with Crippen molar-refractivity contribution < 1.29 is 87.6 Å². The van der Waals surface area contributed by atoms with Crippen LogP contribution in [0, 0.1) is 31.6 Å². The predicted molar refractivity (Wildman–Crippen MR) is 147 cm³/mol. The fourth-order valence-electron chi connectivity index (χ4n) is 5.65. The average molecular weight is 629 g/mol. The molecule has 1 aromatic carbocycles. The monoisotopic (exact) mass is 628 g/mol. The summed E-state index contributed by atoms with van der Waals surface area (Å²) in [6.07, 6.45) is 5.86. The van der Waals surface area contributed by atoms with E-state index in [1.54, 1.807) is 42.9 Å². The summed E-state index contributed by atoms with van der Waals surface area (Å²) in [6, 6.07) is 8.23. The summed E-state index contributed by atoms with van der Waals surface area (Å²) >= 11 is 0. The van der Waals surface area contributed by atoms with E-state index in [1.807, 2.05) is 26.0 Å². The number of benzene rings is 1. The van der Waals surface area contributed by atoms with Gasteiger partial charge in [0.2, 0.25) is 5.91 Å². The third-order valence-corrected chi connectivity index (χ3v) is 8.27. The number of anilines is 1. The molecule has 2 aromatic heterocycles. The van der Waals surface area contributed by atoms with Gasteiger partial charge in [-0.1, -0.05) is 12.1 Å². The van der Waals surface area contributed by atoms with Gasteiger partial charge in [0.15, 0.2) is 0 Å². The Hall–Kier alpha value is -1.31. The fraction of sp³-hybridized carbons (Fsp3) is 0.500. The Morgan fingerprint density at radius 3 is 2.19 bits per heavy atom. The molecule has 2 amide bonds. The molecule has 0 spiro atoms. The van der Waals surface area contributed by atoms with Gasteiger partial charge in [-0.25, -0.2) is 4.68 Å². The number of hydrogen-bond donors (Lipinski definition) is 2. The van der Waals surface area contributed by atoms with Crippen molar-refractivity contribution in [3.8, 4) is 11.1 Å². The number of phosphoric ester groups is 1. The van der Waals surface area contributed by atoms with E-state index in [-0.39, 0.29) is 82.9 Å². The molecular formula is C28H35N6Na2O6P. The van der Waals surface area contributed by atoms with Crippen LogP contribution in [-0.2, 0) is 20.6 Å². The molecule has 43 heavy (non-hydrogen) atoms. The number of carbonyl (C=O) groups excluding carboxylic acids is 2. The smallest absolute Gasteiger partial charge is 0.790 e. The second kappa shape index (κ2) is 14.9. The number of rotatable bonds is 12. The molecule has 0 saturated heterocycles. The first-order valence-corrected chi connectivity index (χ1v) is 15.3. The van der Waals surface area contributed by atoms with Gasteiger partial charge in [0.1, 0.15) is 18.5 Å². The minimum atomic E-state index is -5.13. The molecule has 12 nitrogen and oxygen atoms in total. The quantitative estimate of drug-likeness (QED) is 0.158. The van der Waals surface area contributed by atoms with Crippen molar-refractivity contribution >= 4 is 25.3 Å². The normalized spacial score (nSPS) is 15.5. The van der Waals surface area contributed by atoms with E-state index < -0.39 is 20.6 Å². The van der Waals surface area contributed by atoms with Crippen LogP contribution in [0.25, 0.3) is 11.1 Å². The Bertz CT molecular complexity index is 1470. The zero-order valence-electron chi connectivity index (χ0n) is 25.6. The molecule has 1 unspecified atom stereocenters. The van der Waals surface area contributed by atoms with E-state index >= 15 is 0 Å². The van der Waals surface area contributed by atoms with Crippen LogP contribution in [0.5, 0.6) is 0 Å². The standard InChI is InChI=1S/C28H37N6O6P.2Na/c1-16(2)34-23(13-14-29-34)27(35)31-26(25(20-5-6-20)21-7-8-21)28(36)30-22-11-9-19(10-12-22)24-17(3)32-33(18(24)4)15-40-41(37,38)39;;/h9-14,16,20-21,25-26H,5-8,15H2,1-4H3,(H,30,36)(H,31,35)(H2,37,38,39);;/q;2*+1/p-2. The van der Waals surface area contributed by atoms with Crippen LogP contribution >= 0.6 is 7.82 Å². The number of hydrogen-bond acceptors (Lipinski definition) is 8. The predicted octanol–water partition coefficient (Wildman–Crippen LogP) is -3.07. The summed E-state index contributed by atoms with van der Waals surface area (Å²) in [5, 5.41) is 14.6. The molecule has 0 aliphatic heterocycles. The van der Waals surface area contributed by atoms with Gasteiger partial charge < -0.3 is 29.5 Å². The molecule has 3 aromatic rings. The maximum atomic E-state index is 13.7. The van der Waals surface area contributed by atoms with Crippen molar-refractivity contribution in [2.45, 2.75) is 72.2 Å². The van der Waals surface area contributed by atoms with Crippen molar-refractivity contribution in [3.05, 3.63) is 53.6 Å². The number of amides is 2. The van der Waals surface area contributed by atoms with Gasteiger partial charge >= 0.3 is 59.1 Å². The summed E-state index contributed by atoms with van der Waals surface area (Å²) in [4.78, 5) is 48.8. The zero-order valence-corrected chi connectivity index (χ0v) is 30.5. The van der Waals surface area contributed by atoms with Gasteiger partial charge in [0.05, 0.1) is 13.5 Å². The molecule has 2 saturated carbocycles. The summed E-state index contributed by atoms with van der Waals surface area (Å²) in [7, 11) is -5.13. The Balaban J connectivity index is 0.00000253. The van der Waals surface area contributed by atoms with Crippen LogP contribution < -0.4 is 79.5 Å². The van der Waals surface area contributed by atoms with E-state index in [0.29, 0.717) is 34.6 Å². The second-order valence-electron chi connectivity index (χ2n) is 11.3. The maximum absolute atomic E-state index is 13.7. The Morgan fingerprint density at radius 2 is 1.65 bits per heavy atom. The van der Waals surface area contributed by atoms with Gasteiger partial charge in [-0.05, 0) is 94.9 Å². The topological polar surface area (TPSA) is 166 Å². The average Bonchev–Trinajstić information content (AvgIpc) is 3.84. The van der Waals surface area contributed by atoms with E-state index in [2.05, 4.69) is 25.4 Å². The van der Waals surface area contributed by atoms with Gasteiger partial charge in [-0.3, -0.25) is 14.3 Å². The van der Waals surface area contributed by atoms with Crippen molar-refractivity contribution in [3.63, 3.8) is 0 Å². The van der Waals surface area contributed by atoms with Crippen LogP contribution in [0.1, 0.15) is 67.4 Å². The van der Waals surface area contributed by atoms with Gasteiger partial charge in [0, 0.05) is 29.2 Å². The van der Waals surface area contributed by atoms with Crippen LogP contribution in [0.15, 0.2) is 36.5 Å². The van der Waals surface area contributed by atoms with Crippen molar-refractivity contribution in [2.75, 3.05) is 5.32 Å². The molecule has 2 fully saturated rings. The number of phosphoric acid groups is 1. The molecular weight excluding hydrogens is 593 g/mol. The summed E-state index contributed by atoms with van der Waals surface area (Å²) in [5.41, 5.74) is 3.85. The molecule has 220 valence electrons. The molecule has 2 N–H and O–H groups in total. The number of nitrogens with zero attached hydrogens (tertiary/aromatic N) is 4. The molecule has 2 aliphatic rings. The largest absolute Gasteiger partial charge is 1.00 e. The summed E-state index contributed by atoms with van der Waals surface area (Å²) in [5.74, 6) is 0.391. The molecule has 0 radical (unpaired) electrons. The van der Waals surface area contributed by atoms with Crippen LogP contribution in [-0.4, -0.2) is 37.4 Å².